The number of rotatable bonds is 4. The van der Waals surface area contributed by atoms with Crippen LogP contribution in [0.2, 0.25) is 0 Å². The summed E-state index contributed by atoms with van der Waals surface area (Å²) in [5.74, 6) is 0.801. The number of methoxy groups -OCH3 is 1. The van der Waals surface area contributed by atoms with Gasteiger partial charge in [-0.3, -0.25) is 4.79 Å². The van der Waals surface area contributed by atoms with Gasteiger partial charge in [0.05, 0.1) is 18.5 Å². The normalized spacial score (nSPS) is 11.3. The lowest BCUT2D eigenvalue weighted by atomic mass is 10.2. The summed E-state index contributed by atoms with van der Waals surface area (Å²) in [5, 5.41) is 0. The lowest BCUT2D eigenvalue weighted by Crippen LogP contribution is -1.96. The minimum atomic E-state index is 0.559. The van der Waals surface area contributed by atoms with Crippen molar-refractivity contribution in [1.82, 2.24) is 0 Å². The van der Waals surface area contributed by atoms with Gasteiger partial charge < -0.3 is 4.74 Å². The van der Waals surface area contributed by atoms with E-state index in [9.17, 15) is 4.79 Å². The number of aryl methyl sites for hydroxylation is 1. The second kappa shape index (κ2) is 5.29. The number of aldehydes is 1. The van der Waals surface area contributed by atoms with E-state index in [4.69, 9.17) is 4.74 Å². The molecule has 0 radical (unpaired) electrons. The highest BCUT2D eigenvalue weighted by Crippen LogP contribution is 2.23. The van der Waals surface area contributed by atoms with E-state index in [1.165, 1.54) is 0 Å². The van der Waals surface area contributed by atoms with Crippen LogP contribution in [-0.2, 0) is 4.79 Å². The topological polar surface area (TPSA) is 38.7 Å². The summed E-state index contributed by atoms with van der Waals surface area (Å²) < 4.78 is 5.09. The molecule has 0 unspecified atom stereocenters. The van der Waals surface area contributed by atoms with Crippen LogP contribution in [0.25, 0.3) is 0 Å². The molecular formula is C12H15NO2. The summed E-state index contributed by atoms with van der Waals surface area (Å²) in [4.78, 5) is 14.9. The average Bonchev–Trinajstić information content (AvgIpc) is 2.27. The summed E-state index contributed by atoms with van der Waals surface area (Å²) in [5.41, 5.74) is 2.38. The summed E-state index contributed by atoms with van der Waals surface area (Å²) in [6.07, 6.45) is 1.44. The second-order valence-corrected chi connectivity index (χ2v) is 3.23. The number of nitrogens with zero attached hydrogens (tertiary/aromatic N) is 1. The number of carbonyl (C=O) groups is 1. The summed E-state index contributed by atoms with van der Waals surface area (Å²) in [6, 6.07) is 5.59. The Kier molecular flexibility index (Phi) is 4.03. The molecule has 0 N–H and O–H groups in total. The maximum absolute atomic E-state index is 10.6. The first-order chi connectivity index (χ1) is 7.21. The van der Waals surface area contributed by atoms with E-state index in [2.05, 4.69) is 4.99 Å². The van der Waals surface area contributed by atoms with Gasteiger partial charge in [0.25, 0.3) is 0 Å². The molecule has 0 aliphatic carbocycles. The fourth-order valence-electron chi connectivity index (χ4n) is 1.22. The molecule has 0 atom stereocenters. The quantitative estimate of drug-likeness (QED) is 0.560. The van der Waals surface area contributed by atoms with E-state index in [-0.39, 0.29) is 0 Å². The van der Waals surface area contributed by atoms with Crippen LogP contribution in [0.3, 0.4) is 0 Å². The van der Waals surface area contributed by atoms with Crippen molar-refractivity contribution in [3.63, 3.8) is 0 Å². The molecule has 1 aromatic carbocycles. The first-order valence-electron chi connectivity index (χ1n) is 4.88. The number of benzene rings is 1. The third kappa shape index (κ3) is 2.91. The van der Waals surface area contributed by atoms with E-state index in [1.54, 1.807) is 7.11 Å². The Labute approximate surface area is 89.8 Å². The average molecular weight is 205 g/mol. The first-order valence-corrected chi connectivity index (χ1v) is 4.88. The Morgan fingerprint density at radius 1 is 1.53 bits per heavy atom. The standard InChI is InChI=1S/C12H15NO2/c1-4-10(8-14)13-12-6-5-11(15-3)7-9(12)2/h5-8H,4H2,1-3H3/b13-10+. The molecule has 0 saturated heterocycles. The van der Waals surface area contributed by atoms with Crippen molar-refractivity contribution in [2.45, 2.75) is 20.3 Å². The van der Waals surface area contributed by atoms with E-state index in [0.717, 1.165) is 23.3 Å². The van der Waals surface area contributed by atoms with Gasteiger partial charge in [0.15, 0.2) is 6.29 Å². The van der Waals surface area contributed by atoms with Gasteiger partial charge in [-0.1, -0.05) is 6.92 Å². The highest BCUT2D eigenvalue weighted by Gasteiger charge is 2.00. The van der Waals surface area contributed by atoms with Gasteiger partial charge in [0.1, 0.15) is 5.75 Å². The number of hydrogen-bond donors (Lipinski definition) is 0. The van der Waals surface area contributed by atoms with Crippen LogP contribution in [-0.4, -0.2) is 19.1 Å². The predicted octanol–water partition coefficient (Wildman–Crippen LogP) is 2.69. The van der Waals surface area contributed by atoms with Gasteiger partial charge >= 0.3 is 0 Å². The molecule has 1 aromatic rings. The SMILES string of the molecule is CC/C(C=O)=N\c1ccc(OC)cc1C. The molecule has 0 aromatic heterocycles. The molecule has 0 amide bonds. The molecule has 0 fully saturated rings. The molecule has 0 aliphatic rings. The smallest absolute Gasteiger partial charge is 0.164 e. The monoisotopic (exact) mass is 205 g/mol. The maximum Gasteiger partial charge on any atom is 0.164 e. The van der Waals surface area contributed by atoms with E-state index < -0.39 is 0 Å². The molecule has 80 valence electrons. The van der Waals surface area contributed by atoms with Gasteiger partial charge in [-0.2, -0.15) is 0 Å². The Morgan fingerprint density at radius 3 is 2.73 bits per heavy atom. The largest absolute Gasteiger partial charge is 0.497 e. The molecule has 1 rings (SSSR count). The molecule has 0 heterocycles. The molecule has 0 aliphatic heterocycles. The lowest BCUT2D eigenvalue weighted by molar-refractivity contribution is -0.102. The zero-order valence-electron chi connectivity index (χ0n) is 9.28. The zero-order valence-corrected chi connectivity index (χ0v) is 9.28. The molecule has 0 saturated carbocycles. The van der Waals surface area contributed by atoms with Gasteiger partial charge in [-0.25, -0.2) is 4.99 Å². The summed E-state index contributed by atoms with van der Waals surface area (Å²) >= 11 is 0. The van der Waals surface area contributed by atoms with Gasteiger partial charge in [0.2, 0.25) is 0 Å². The van der Waals surface area contributed by atoms with E-state index in [1.807, 2.05) is 32.0 Å². The molecule has 0 bridgehead atoms. The third-order valence-corrected chi connectivity index (χ3v) is 2.17. The van der Waals surface area contributed by atoms with Crippen molar-refractivity contribution in [2.75, 3.05) is 7.11 Å². The fraction of sp³-hybridized carbons (Fsp3) is 0.333. The van der Waals surface area contributed by atoms with Crippen LogP contribution in [0.4, 0.5) is 5.69 Å². The van der Waals surface area contributed by atoms with Gasteiger partial charge in [-0.15, -0.1) is 0 Å². The van der Waals surface area contributed by atoms with Crippen molar-refractivity contribution in [1.29, 1.82) is 0 Å². The van der Waals surface area contributed by atoms with Crippen LogP contribution in [0.1, 0.15) is 18.9 Å². The second-order valence-electron chi connectivity index (χ2n) is 3.23. The number of aliphatic imine (C=N–C) groups is 1. The predicted molar refractivity (Wildman–Crippen MR) is 61.2 cm³/mol. The Hall–Kier alpha value is -1.64. The number of hydrogen-bond acceptors (Lipinski definition) is 3. The van der Waals surface area contributed by atoms with Crippen LogP contribution in [0.5, 0.6) is 5.75 Å². The Morgan fingerprint density at radius 2 is 2.27 bits per heavy atom. The van der Waals surface area contributed by atoms with Crippen molar-refractivity contribution >= 4 is 17.7 Å². The van der Waals surface area contributed by atoms with Gasteiger partial charge in [0, 0.05) is 0 Å². The third-order valence-electron chi connectivity index (χ3n) is 2.17. The highest BCUT2D eigenvalue weighted by molar-refractivity contribution is 6.28. The Bertz CT molecular complexity index is 383. The zero-order chi connectivity index (χ0) is 11.3. The van der Waals surface area contributed by atoms with Crippen LogP contribution in [0, 0.1) is 6.92 Å². The van der Waals surface area contributed by atoms with E-state index >= 15 is 0 Å². The minimum absolute atomic E-state index is 0.559. The van der Waals surface area contributed by atoms with E-state index in [0.29, 0.717) is 12.1 Å². The van der Waals surface area contributed by atoms with Gasteiger partial charge in [-0.05, 0) is 37.1 Å². The molecule has 3 nitrogen and oxygen atoms in total. The van der Waals surface area contributed by atoms with Crippen molar-refractivity contribution < 1.29 is 9.53 Å². The molecule has 15 heavy (non-hydrogen) atoms. The lowest BCUT2D eigenvalue weighted by Gasteiger charge is -2.04. The first kappa shape index (κ1) is 11.4. The Balaban J connectivity index is 3.05. The van der Waals surface area contributed by atoms with Crippen LogP contribution in [0.15, 0.2) is 23.2 Å². The highest BCUT2D eigenvalue weighted by atomic mass is 16.5. The fourth-order valence-corrected chi connectivity index (χ4v) is 1.22. The molecule has 0 spiro atoms. The molecule has 3 heteroatoms. The van der Waals surface area contributed by atoms with Crippen molar-refractivity contribution in [2.24, 2.45) is 4.99 Å². The maximum atomic E-state index is 10.6. The number of carbonyl (C=O) groups excluding carboxylic acids is 1. The summed E-state index contributed by atoms with van der Waals surface area (Å²) in [6.45, 7) is 3.85. The van der Waals surface area contributed by atoms with Crippen molar-refractivity contribution in [3.8, 4) is 5.75 Å². The molecular weight excluding hydrogens is 190 g/mol. The minimum Gasteiger partial charge on any atom is -0.497 e. The number of ether oxygens (including phenoxy) is 1. The van der Waals surface area contributed by atoms with Crippen molar-refractivity contribution in [3.05, 3.63) is 23.8 Å². The van der Waals surface area contributed by atoms with Crippen LogP contribution >= 0.6 is 0 Å². The van der Waals surface area contributed by atoms with Crippen LogP contribution < -0.4 is 4.74 Å². The summed E-state index contributed by atoms with van der Waals surface area (Å²) in [7, 11) is 1.63.